The van der Waals surface area contributed by atoms with E-state index in [1.165, 1.54) is 44.5 Å². The Morgan fingerprint density at radius 3 is 2.40 bits per heavy atom. The van der Waals surface area contributed by atoms with Gasteiger partial charge in [-0.05, 0) is 114 Å². The summed E-state index contributed by atoms with van der Waals surface area (Å²) in [4.78, 5) is 114. The van der Waals surface area contributed by atoms with Crippen molar-refractivity contribution in [3.63, 3.8) is 0 Å². The van der Waals surface area contributed by atoms with Crippen LogP contribution in [0.3, 0.4) is 0 Å². The number of urea groups is 1. The van der Waals surface area contributed by atoms with E-state index >= 15 is 0 Å². The molecular formula is C61H82Br2ClN9O15. The molecule has 24 nitrogen and oxygen atoms in total. The summed E-state index contributed by atoms with van der Waals surface area (Å²) in [5.41, 5.74) is 3.83. The van der Waals surface area contributed by atoms with Crippen molar-refractivity contribution in [2.24, 2.45) is 23.5 Å². The molecule has 2 fully saturated rings. The summed E-state index contributed by atoms with van der Waals surface area (Å²) in [6.45, 7) is 12.5. The van der Waals surface area contributed by atoms with Gasteiger partial charge in [-0.15, -0.1) is 0 Å². The number of benzene rings is 2. The molecule has 8 amide bonds. The number of fused-ring (bicyclic) bond motifs is 6. The summed E-state index contributed by atoms with van der Waals surface area (Å²) in [6, 6.07) is 6.77. The number of aliphatic hydroxyl groups is 1. The number of alkyl halides is 2. The molecule has 0 radical (unpaired) electrons. The number of anilines is 3. The topological polar surface area (TPSA) is 330 Å². The zero-order chi connectivity index (χ0) is 64.8. The van der Waals surface area contributed by atoms with Gasteiger partial charge in [-0.25, -0.2) is 14.4 Å². The lowest BCUT2D eigenvalue weighted by atomic mass is 9.83. The van der Waals surface area contributed by atoms with E-state index in [0.717, 1.165) is 11.1 Å². The predicted octanol–water partition coefficient (Wildman–Crippen LogP) is 8.22. The van der Waals surface area contributed by atoms with E-state index < -0.39 is 108 Å². The van der Waals surface area contributed by atoms with Crippen LogP contribution in [0, 0.1) is 17.8 Å². The van der Waals surface area contributed by atoms with E-state index in [1.54, 1.807) is 64.1 Å². The largest absolute Gasteiger partial charge is 0.495 e. The summed E-state index contributed by atoms with van der Waals surface area (Å²) >= 11 is 13.5. The van der Waals surface area contributed by atoms with Crippen LogP contribution in [0.4, 0.5) is 31.4 Å². The van der Waals surface area contributed by atoms with Crippen LogP contribution in [0.25, 0.3) is 10.9 Å². The lowest BCUT2D eigenvalue weighted by molar-refractivity contribution is -0.160. The Hall–Kier alpha value is -6.58. The standard InChI is InChI=1S/C61H82Br2ClN9O15/c1-33(2)50(71-47(74)20-11-12-23-59(5,6)88-55(78)37(31-62)32-63)54(77)69-41(18-15-25-67-56(65)79)53(76)68-40-22-21-39(38-17-14-24-66-51(38)40)70-57(80)86-46-29-48(75)73(8)42-27-36(28-43(83-9)49(42)64)26-34(3)16-13-19-45(84-10)61(82)30-44(85-58(81)72-61)35(4)52-60(46,7)87-52/h13-14,16-17,19,21-22,24,27-28,33,35,37,41,44-46,50,52,82H,11-12,15,18,20,23,25-26,29-32H2,1-10H3,(H,68,76)(H,69,77)(H,70,80)(H,71,74)(H,72,81)(H3,65,67,79)/b19-13+,34-16+/t35-,41+,44+,45-,46+,50+,52+,60+,61+/m1/s1. The Morgan fingerprint density at radius 1 is 1.01 bits per heavy atom. The molecule has 88 heavy (non-hydrogen) atoms. The van der Waals surface area contributed by atoms with Gasteiger partial charge in [-0.3, -0.25) is 39.6 Å². The van der Waals surface area contributed by atoms with Gasteiger partial charge in [0.05, 0.1) is 48.1 Å². The van der Waals surface area contributed by atoms with Crippen molar-refractivity contribution in [3.8, 4) is 5.75 Å². The number of carbonyl (C=O) groups excluding carboxylic acids is 8. The number of aromatic nitrogens is 1. The Kier molecular flexibility index (Phi) is 25.0. The lowest BCUT2D eigenvalue weighted by Crippen LogP contribution is -2.63. The summed E-state index contributed by atoms with van der Waals surface area (Å²) in [7, 11) is 4.41. The molecule has 3 aromatic rings. The minimum absolute atomic E-state index is 0.0313. The average Bonchev–Trinajstić information content (AvgIpc) is 1.96. The second kappa shape index (κ2) is 31.2. The van der Waals surface area contributed by atoms with E-state index in [9.17, 15) is 43.5 Å². The number of nitrogens with two attached hydrogens (primary N) is 1. The minimum Gasteiger partial charge on any atom is -0.495 e. The zero-order valence-electron chi connectivity index (χ0n) is 51.2. The smallest absolute Gasteiger partial charge is 0.412 e. The number of halogens is 3. The third kappa shape index (κ3) is 18.5. The number of nitrogens with one attached hydrogen (secondary N) is 6. The Balaban J connectivity index is 1.21. The molecule has 4 bridgehead atoms. The van der Waals surface area contributed by atoms with E-state index in [1.807, 2.05) is 26.8 Å². The van der Waals surface area contributed by atoms with E-state index in [-0.39, 0.29) is 71.9 Å². The van der Waals surface area contributed by atoms with Gasteiger partial charge < -0.3 is 65.4 Å². The van der Waals surface area contributed by atoms with Crippen LogP contribution in [0.2, 0.25) is 5.02 Å². The summed E-state index contributed by atoms with van der Waals surface area (Å²) in [5, 5.41) is 29.6. The summed E-state index contributed by atoms with van der Waals surface area (Å²) in [5.74, 6) is -3.59. The number of pyridine rings is 1. The Labute approximate surface area is 534 Å². The fraction of sp³-hybridized carbons (Fsp3) is 0.557. The van der Waals surface area contributed by atoms with Crippen LogP contribution in [0.5, 0.6) is 5.75 Å². The first-order chi connectivity index (χ1) is 41.6. The molecule has 1 aromatic heterocycles. The Morgan fingerprint density at radius 2 is 1.73 bits per heavy atom. The number of nitrogens with zero attached hydrogens (tertiary/aromatic N) is 2. The molecule has 0 saturated carbocycles. The van der Waals surface area contributed by atoms with Crippen molar-refractivity contribution in [1.29, 1.82) is 0 Å². The number of hydrogen-bond donors (Lipinski definition) is 8. The zero-order valence-corrected chi connectivity index (χ0v) is 55.2. The SMILES string of the molecule is COc1cc2cc(c1Cl)N(C)C(=O)C[C@H](OC(=O)Nc1ccc(NC(=O)[C@H](CCCNC(N)=O)NC(=O)[C@@H](NC(=O)CCCCC(C)(C)OC(=O)C(CBr)CBr)C(C)C)c3ncccc13)[C@]1(C)O[C@H]1[C@H](C)[C@@H]1C[C@@](O)(NC(=O)O1)[C@H](OC)/C=C/C=C(\C)C2. The summed E-state index contributed by atoms with van der Waals surface area (Å²) in [6.07, 6.45) is 2.42. The van der Waals surface area contributed by atoms with Gasteiger partial charge in [-0.2, -0.15) is 0 Å². The van der Waals surface area contributed by atoms with Crippen LogP contribution in [0.1, 0.15) is 105 Å². The van der Waals surface area contributed by atoms with Crippen molar-refractivity contribution in [3.05, 3.63) is 77.0 Å². The maximum absolute atomic E-state index is 14.6. The van der Waals surface area contributed by atoms with Gasteiger partial charge in [0, 0.05) is 61.7 Å². The maximum Gasteiger partial charge on any atom is 0.412 e. The van der Waals surface area contributed by atoms with Crippen molar-refractivity contribution in [2.75, 3.05) is 54.0 Å². The molecule has 9 atom stereocenters. The predicted molar refractivity (Wildman–Crippen MR) is 338 cm³/mol. The molecule has 4 heterocycles. The fourth-order valence-electron chi connectivity index (χ4n) is 10.7. The fourth-order valence-corrected chi connectivity index (χ4v) is 12.6. The molecule has 2 aromatic carbocycles. The molecular weight excluding hydrogens is 1290 g/mol. The van der Waals surface area contributed by atoms with E-state index in [2.05, 4.69) is 68.7 Å². The summed E-state index contributed by atoms with van der Waals surface area (Å²) < 4.78 is 35.4. The van der Waals surface area contributed by atoms with Crippen LogP contribution >= 0.6 is 43.5 Å². The highest BCUT2D eigenvalue weighted by atomic mass is 79.9. The molecule has 0 spiro atoms. The molecule has 0 aliphatic carbocycles. The highest BCUT2D eigenvalue weighted by molar-refractivity contribution is 9.09. The number of amides is 8. The second-order valence-electron chi connectivity index (χ2n) is 23.5. The number of epoxide rings is 1. The number of esters is 1. The molecule has 27 heteroatoms. The number of ether oxygens (including phenoxy) is 6. The molecule has 3 aliphatic heterocycles. The quantitative estimate of drug-likeness (QED) is 0.0146. The number of methoxy groups -OCH3 is 2. The van der Waals surface area contributed by atoms with Gasteiger partial charge in [0.15, 0.2) is 5.72 Å². The number of carbonyl (C=O) groups is 8. The second-order valence-corrected chi connectivity index (χ2v) is 25.2. The van der Waals surface area contributed by atoms with Gasteiger partial charge in [0.1, 0.15) is 52.4 Å². The highest BCUT2D eigenvalue weighted by Gasteiger charge is 2.64. The molecule has 3 aliphatic rings. The van der Waals surface area contributed by atoms with Crippen LogP contribution in [-0.4, -0.2) is 150 Å². The van der Waals surface area contributed by atoms with Crippen molar-refractivity contribution < 1.29 is 71.9 Å². The maximum atomic E-state index is 14.6. The number of allylic oxidation sites excluding steroid dienone is 3. The number of hydrogen-bond acceptors (Lipinski definition) is 16. The van der Waals surface area contributed by atoms with E-state index in [0.29, 0.717) is 53.2 Å². The average molecular weight is 1380 g/mol. The molecule has 482 valence electrons. The van der Waals surface area contributed by atoms with Gasteiger partial charge in [-0.1, -0.05) is 88.0 Å². The van der Waals surface area contributed by atoms with Gasteiger partial charge >= 0.3 is 24.2 Å². The lowest BCUT2D eigenvalue weighted by Gasteiger charge is -2.42. The highest BCUT2D eigenvalue weighted by Crippen LogP contribution is 2.49. The minimum atomic E-state index is -1.91. The van der Waals surface area contributed by atoms with Crippen molar-refractivity contribution >= 4 is 119 Å². The molecule has 6 rings (SSSR count). The molecule has 2 saturated heterocycles. The molecule has 0 unspecified atom stereocenters. The third-order valence-corrected chi connectivity index (χ3v) is 17.8. The number of alkyl carbamates (subject to hydrolysis) is 1. The van der Waals surface area contributed by atoms with Gasteiger partial charge in [0.25, 0.3) is 0 Å². The Bertz CT molecular complexity index is 3110. The van der Waals surface area contributed by atoms with Crippen LogP contribution < -0.4 is 47.3 Å². The first-order valence-electron chi connectivity index (χ1n) is 29.1. The number of rotatable bonds is 23. The van der Waals surface area contributed by atoms with Crippen LogP contribution in [0.15, 0.2) is 66.4 Å². The first-order valence-corrected chi connectivity index (χ1v) is 31.7. The van der Waals surface area contributed by atoms with Crippen molar-refractivity contribution in [2.45, 2.75) is 160 Å². The monoisotopic (exact) mass is 1370 g/mol. The number of unbranched alkanes of at least 4 members (excludes halogenated alkanes) is 1. The van der Waals surface area contributed by atoms with E-state index in [4.69, 9.17) is 45.8 Å². The first kappa shape index (κ1) is 70.5. The molecule has 9 N–H and O–H groups in total. The van der Waals surface area contributed by atoms with Crippen LogP contribution in [-0.2, 0) is 54.1 Å². The van der Waals surface area contributed by atoms with Crippen molar-refractivity contribution in [1.82, 2.24) is 26.3 Å². The normalized spacial score (nSPS) is 23.8. The number of primary amides is 1. The third-order valence-electron chi connectivity index (χ3n) is 15.8. The van der Waals surface area contributed by atoms with Gasteiger partial charge in [0.2, 0.25) is 23.6 Å².